The van der Waals surface area contributed by atoms with Crippen LogP contribution in [-0.4, -0.2) is 21.6 Å². The molecule has 4 heteroatoms. The molecule has 2 N–H and O–H groups in total. The van der Waals surface area contributed by atoms with Crippen LogP contribution < -0.4 is 5.32 Å². The van der Waals surface area contributed by atoms with E-state index in [0.29, 0.717) is 5.69 Å². The van der Waals surface area contributed by atoms with Crippen molar-refractivity contribution in [3.63, 3.8) is 0 Å². The van der Waals surface area contributed by atoms with E-state index in [1.54, 1.807) is 32.2 Å². The predicted octanol–water partition coefficient (Wildman–Crippen LogP) is 2.06. The lowest BCUT2D eigenvalue weighted by Crippen LogP contribution is -2.46. The monoisotopic (exact) mass is 250 g/mol. The van der Waals surface area contributed by atoms with E-state index in [4.69, 9.17) is 0 Å². The molecule has 0 aromatic carbocycles. The van der Waals surface area contributed by atoms with E-state index in [9.17, 15) is 9.90 Å². The number of carbonyl (C=O) groups is 1. The second-order valence-electron chi connectivity index (χ2n) is 6.06. The van der Waals surface area contributed by atoms with Gasteiger partial charge in [0, 0.05) is 11.6 Å². The van der Waals surface area contributed by atoms with Gasteiger partial charge in [-0.05, 0) is 26.0 Å². The van der Waals surface area contributed by atoms with E-state index in [0.717, 1.165) is 0 Å². The van der Waals surface area contributed by atoms with Gasteiger partial charge < -0.3 is 10.4 Å². The molecule has 0 aliphatic heterocycles. The summed E-state index contributed by atoms with van der Waals surface area (Å²) in [6.07, 6.45) is 1.65. The zero-order valence-corrected chi connectivity index (χ0v) is 11.7. The Balaban J connectivity index is 2.99. The zero-order valence-electron chi connectivity index (χ0n) is 11.7. The molecular weight excluding hydrogens is 228 g/mol. The average Bonchev–Trinajstić information content (AvgIpc) is 2.23. The van der Waals surface area contributed by atoms with Crippen molar-refractivity contribution in [1.82, 2.24) is 10.3 Å². The maximum absolute atomic E-state index is 12.0. The molecule has 1 aromatic rings. The Morgan fingerprint density at radius 1 is 1.28 bits per heavy atom. The van der Waals surface area contributed by atoms with Gasteiger partial charge in [-0.1, -0.05) is 26.8 Å². The smallest absolute Gasteiger partial charge is 0.226 e. The first-order chi connectivity index (χ1) is 8.12. The van der Waals surface area contributed by atoms with Crippen molar-refractivity contribution in [2.24, 2.45) is 5.41 Å². The lowest BCUT2D eigenvalue weighted by molar-refractivity contribution is -0.131. The van der Waals surface area contributed by atoms with Crippen LogP contribution in [0.2, 0.25) is 0 Å². The molecule has 1 atom stereocenters. The van der Waals surface area contributed by atoms with Gasteiger partial charge in [0.05, 0.1) is 17.3 Å². The summed E-state index contributed by atoms with van der Waals surface area (Å²) in [7, 11) is 0. The van der Waals surface area contributed by atoms with Gasteiger partial charge in [0.2, 0.25) is 5.91 Å². The van der Waals surface area contributed by atoms with Crippen molar-refractivity contribution < 1.29 is 9.90 Å². The second-order valence-corrected chi connectivity index (χ2v) is 6.06. The third-order valence-corrected chi connectivity index (χ3v) is 2.65. The van der Waals surface area contributed by atoms with Gasteiger partial charge in [-0.2, -0.15) is 0 Å². The first kappa shape index (κ1) is 14.6. The van der Waals surface area contributed by atoms with Gasteiger partial charge in [0.25, 0.3) is 0 Å². The molecule has 1 aromatic heterocycles. The zero-order chi connectivity index (χ0) is 14.0. The Hall–Kier alpha value is -1.42. The van der Waals surface area contributed by atoms with E-state index >= 15 is 0 Å². The molecule has 0 aliphatic carbocycles. The Kier molecular flexibility index (Phi) is 4.12. The van der Waals surface area contributed by atoms with E-state index in [1.807, 2.05) is 26.8 Å². The lowest BCUT2D eigenvalue weighted by Gasteiger charge is -2.32. The molecule has 1 unspecified atom stereocenters. The molecule has 1 amide bonds. The van der Waals surface area contributed by atoms with E-state index in [1.165, 1.54) is 0 Å². The molecule has 1 rings (SSSR count). The Morgan fingerprint density at radius 2 is 1.89 bits per heavy atom. The van der Waals surface area contributed by atoms with Gasteiger partial charge in [0.1, 0.15) is 0 Å². The van der Waals surface area contributed by atoms with Crippen LogP contribution >= 0.6 is 0 Å². The quantitative estimate of drug-likeness (QED) is 0.863. The minimum Gasteiger partial charge on any atom is -0.388 e. The molecule has 18 heavy (non-hydrogen) atoms. The highest BCUT2D eigenvalue weighted by molar-refractivity contribution is 5.81. The molecule has 4 nitrogen and oxygen atoms in total. The van der Waals surface area contributed by atoms with Crippen LogP contribution in [0.25, 0.3) is 0 Å². The molecule has 0 saturated heterocycles. The second kappa shape index (κ2) is 5.06. The molecule has 100 valence electrons. The van der Waals surface area contributed by atoms with E-state index in [2.05, 4.69) is 10.3 Å². The minimum atomic E-state index is -1.07. The lowest BCUT2D eigenvalue weighted by atomic mass is 9.91. The summed E-state index contributed by atoms with van der Waals surface area (Å²) in [5, 5.41) is 13.1. The van der Waals surface area contributed by atoms with Crippen molar-refractivity contribution in [2.45, 2.75) is 46.3 Å². The summed E-state index contributed by atoms with van der Waals surface area (Å²) < 4.78 is 0. The highest BCUT2D eigenvalue weighted by atomic mass is 16.3. The number of nitrogens with zero attached hydrogens (tertiary/aromatic N) is 1. The topological polar surface area (TPSA) is 62.2 Å². The molecule has 0 fully saturated rings. The Morgan fingerprint density at radius 3 is 2.28 bits per heavy atom. The van der Waals surface area contributed by atoms with Crippen LogP contribution in [0, 0.1) is 5.41 Å². The van der Waals surface area contributed by atoms with Crippen LogP contribution in [-0.2, 0) is 4.79 Å². The summed E-state index contributed by atoms with van der Waals surface area (Å²) in [5.41, 5.74) is -0.921. The normalized spacial score (nSPS) is 14.1. The molecule has 1 heterocycles. The SMILES string of the molecule is CC(C)(C)C(=O)NC(c1ccccn1)C(C)(C)O. The minimum absolute atomic E-state index is 0.111. The van der Waals surface area contributed by atoms with Crippen LogP contribution in [0.3, 0.4) is 0 Å². The average molecular weight is 250 g/mol. The molecule has 0 radical (unpaired) electrons. The van der Waals surface area contributed by atoms with Crippen molar-refractivity contribution in [1.29, 1.82) is 0 Å². The largest absolute Gasteiger partial charge is 0.388 e. The standard InChI is InChI=1S/C14H22N2O2/c1-13(2,3)12(17)16-11(14(4,5)18)10-8-6-7-9-15-10/h6-9,11,18H,1-5H3,(H,16,17). The summed E-state index contributed by atoms with van der Waals surface area (Å²) in [6.45, 7) is 8.83. The molecular formula is C14H22N2O2. The molecule has 0 bridgehead atoms. The van der Waals surface area contributed by atoms with Gasteiger partial charge in [-0.25, -0.2) is 0 Å². The first-order valence-electron chi connectivity index (χ1n) is 6.06. The molecule has 0 spiro atoms. The summed E-state index contributed by atoms with van der Waals surface area (Å²) in [5.74, 6) is -0.111. The summed E-state index contributed by atoms with van der Waals surface area (Å²) in [6, 6.07) is 4.91. The van der Waals surface area contributed by atoms with Gasteiger partial charge in [-0.15, -0.1) is 0 Å². The number of hydrogen-bond donors (Lipinski definition) is 2. The van der Waals surface area contributed by atoms with Gasteiger partial charge >= 0.3 is 0 Å². The van der Waals surface area contributed by atoms with Crippen molar-refractivity contribution in [3.8, 4) is 0 Å². The van der Waals surface area contributed by atoms with Crippen molar-refractivity contribution in [3.05, 3.63) is 30.1 Å². The molecule has 0 saturated carbocycles. The van der Waals surface area contributed by atoms with E-state index in [-0.39, 0.29) is 5.91 Å². The fraction of sp³-hybridized carbons (Fsp3) is 0.571. The van der Waals surface area contributed by atoms with Crippen molar-refractivity contribution >= 4 is 5.91 Å². The number of aromatic nitrogens is 1. The van der Waals surface area contributed by atoms with Crippen LogP contribution in [0.1, 0.15) is 46.4 Å². The fourth-order valence-corrected chi connectivity index (χ4v) is 1.51. The Labute approximate surface area is 108 Å². The first-order valence-corrected chi connectivity index (χ1v) is 6.06. The van der Waals surface area contributed by atoms with E-state index < -0.39 is 17.1 Å². The predicted molar refractivity (Wildman–Crippen MR) is 70.9 cm³/mol. The number of rotatable bonds is 3. The third-order valence-electron chi connectivity index (χ3n) is 2.65. The number of aliphatic hydroxyl groups is 1. The maximum atomic E-state index is 12.0. The van der Waals surface area contributed by atoms with Crippen LogP contribution in [0.5, 0.6) is 0 Å². The fourth-order valence-electron chi connectivity index (χ4n) is 1.51. The maximum Gasteiger partial charge on any atom is 0.226 e. The number of carbonyl (C=O) groups excluding carboxylic acids is 1. The van der Waals surface area contributed by atoms with Gasteiger partial charge in [-0.3, -0.25) is 9.78 Å². The summed E-state index contributed by atoms with van der Waals surface area (Å²) in [4.78, 5) is 16.3. The van der Waals surface area contributed by atoms with Gasteiger partial charge in [0.15, 0.2) is 0 Å². The highest BCUT2D eigenvalue weighted by Gasteiger charge is 2.33. The highest BCUT2D eigenvalue weighted by Crippen LogP contribution is 2.25. The number of nitrogens with one attached hydrogen (secondary N) is 1. The number of amides is 1. The molecule has 0 aliphatic rings. The summed E-state index contributed by atoms with van der Waals surface area (Å²) >= 11 is 0. The number of hydrogen-bond acceptors (Lipinski definition) is 3. The third kappa shape index (κ3) is 3.81. The van der Waals surface area contributed by atoms with Crippen molar-refractivity contribution in [2.75, 3.05) is 0 Å². The van der Waals surface area contributed by atoms with Crippen LogP contribution in [0.4, 0.5) is 0 Å². The number of pyridine rings is 1. The Bertz CT molecular complexity index is 402. The van der Waals surface area contributed by atoms with Crippen LogP contribution in [0.15, 0.2) is 24.4 Å².